The number of anilines is 2. The van der Waals surface area contributed by atoms with Gasteiger partial charge in [-0.25, -0.2) is 4.79 Å². The molecule has 4 rings (SSSR count). The van der Waals surface area contributed by atoms with Gasteiger partial charge in [0.1, 0.15) is 6.04 Å². The number of nitrogens with zero attached hydrogens (tertiary/aromatic N) is 2. The van der Waals surface area contributed by atoms with Crippen LogP contribution in [0.2, 0.25) is 0 Å². The lowest BCUT2D eigenvalue weighted by atomic mass is 10.2. The normalized spacial score (nSPS) is 18.0. The van der Waals surface area contributed by atoms with Crippen molar-refractivity contribution < 1.29 is 9.32 Å². The summed E-state index contributed by atoms with van der Waals surface area (Å²) in [6.45, 7) is 1.99. The molecule has 0 radical (unpaired) electrons. The Labute approximate surface area is 140 Å². The number of hydrogen-bond donors (Lipinski definition) is 3. The van der Waals surface area contributed by atoms with Crippen molar-refractivity contribution in [3.05, 3.63) is 36.0 Å². The number of urea groups is 1. The number of nitrogens with one attached hydrogen (secondary N) is 3. The quantitative estimate of drug-likeness (QED) is 0.756. The first kappa shape index (κ1) is 15.0. The van der Waals surface area contributed by atoms with Crippen LogP contribution in [0.15, 0.2) is 28.8 Å². The summed E-state index contributed by atoms with van der Waals surface area (Å²) in [5.41, 5.74) is 1.70. The van der Waals surface area contributed by atoms with Gasteiger partial charge in [-0.05, 0) is 56.9 Å². The minimum absolute atomic E-state index is 0.0676. The van der Waals surface area contributed by atoms with Crippen LogP contribution in [0.3, 0.4) is 0 Å². The number of hydrogen-bond acceptors (Lipinski definition) is 5. The number of rotatable bonds is 6. The second-order valence-corrected chi connectivity index (χ2v) is 6.58. The summed E-state index contributed by atoms with van der Waals surface area (Å²) in [6.07, 6.45) is 4.46. The molecule has 24 heavy (non-hydrogen) atoms. The Hall–Kier alpha value is -2.57. The largest absolute Gasteiger partial charge is 0.374 e. The van der Waals surface area contributed by atoms with Crippen LogP contribution in [0.5, 0.6) is 0 Å². The van der Waals surface area contributed by atoms with Gasteiger partial charge in [0.25, 0.3) is 0 Å². The molecule has 2 aromatic rings. The van der Waals surface area contributed by atoms with Gasteiger partial charge in [0, 0.05) is 23.3 Å². The molecule has 1 aromatic carbocycles. The van der Waals surface area contributed by atoms with Crippen LogP contribution >= 0.6 is 0 Å². The summed E-state index contributed by atoms with van der Waals surface area (Å²) in [7, 11) is 0. The van der Waals surface area contributed by atoms with E-state index in [9.17, 15) is 4.79 Å². The summed E-state index contributed by atoms with van der Waals surface area (Å²) in [6, 6.07) is 7.70. The molecule has 0 spiro atoms. The van der Waals surface area contributed by atoms with Crippen molar-refractivity contribution in [3.63, 3.8) is 0 Å². The molecule has 2 aliphatic rings. The van der Waals surface area contributed by atoms with Gasteiger partial charge >= 0.3 is 6.03 Å². The van der Waals surface area contributed by atoms with Crippen molar-refractivity contribution in [3.8, 4) is 0 Å². The Bertz CT molecular complexity index is 719. The minimum atomic E-state index is -0.148. The second kappa shape index (κ2) is 6.14. The Morgan fingerprint density at radius 1 is 1.17 bits per heavy atom. The van der Waals surface area contributed by atoms with Gasteiger partial charge in [-0.1, -0.05) is 5.16 Å². The smallest absolute Gasteiger partial charge is 0.319 e. The van der Waals surface area contributed by atoms with Crippen LogP contribution < -0.4 is 16.0 Å². The summed E-state index contributed by atoms with van der Waals surface area (Å²) in [4.78, 5) is 16.2. The second-order valence-electron chi connectivity index (χ2n) is 6.58. The fraction of sp³-hybridized carbons (Fsp3) is 0.471. The van der Waals surface area contributed by atoms with Gasteiger partial charge in [0.15, 0.2) is 5.82 Å². The lowest BCUT2D eigenvalue weighted by Gasteiger charge is -2.12. The Balaban J connectivity index is 1.32. The molecule has 3 N–H and O–H groups in total. The highest BCUT2D eigenvalue weighted by atomic mass is 16.5. The Morgan fingerprint density at radius 3 is 2.54 bits per heavy atom. The van der Waals surface area contributed by atoms with Crippen LogP contribution in [0.4, 0.5) is 16.2 Å². The molecular formula is C17H21N5O2. The zero-order chi connectivity index (χ0) is 16.5. The maximum Gasteiger partial charge on any atom is 0.319 e. The van der Waals surface area contributed by atoms with E-state index in [1.54, 1.807) is 0 Å². The molecule has 126 valence electrons. The SMILES string of the molecule is C[C@@H](Nc1ccc(NC(=O)NC2CC2)cc1)c1nc(C2CC2)no1. The van der Waals surface area contributed by atoms with Crippen LogP contribution in [0.1, 0.15) is 56.3 Å². The number of aromatic nitrogens is 2. The lowest BCUT2D eigenvalue weighted by Crippen LogP contribution is -2.30. The van der Waals surface area contributed by atoms with Gasteiger partial charge < -0.3 is 20.5 Å². The molecule has 0 bridgehead atoms. The van der Waals surface area contributed by atoms with Crippen LogP contribution in [0.25, 0.3) is 0 Å². The summed E-state index contributed by atoms with van der Waals surface area (Å²) in [5, 5.41) is 13.1. The number of carbonyl (C=O) groups excluding carboxylic acids is 1. The maximum atomic E-state index is 11.7. The molecule has 7 heteroatoms. The zero-order valence-corrected chi connectivity index (χ0v) is 13.6. The predicted molar refractivity (Wildman–Crippen MR) is 89.9 cm³/mol. The van der Waals surface area contributed by atoms with E-state index in [2.05, 4.69) is 26.1 Å². The Kier molecular flexibility index (Phi) is 3.84. The topological polar surface area (TPSA) is 92.1 Å². The molecule has 2 saturated carbocycles. The first-order chi connectivity index (χ1) is 11.7. The van der Waals surface area contributed by atoms with E-state index >= 15 is 0 Å². The van der Waals surface area contributed by atoms with E-state index in [0.29, 0.717) is 17.9 Å². The molecule has 0 saturated heterocycles. The van der Waals surface area contributed by atoms with Crippen molar-refractivity contribution in [1.82, 2.24) is 15.5 Å². The van der Waals surface area contributed by atoms with E-state index in [0.717, 1.165) is 42.9 Å². The van der Waals surface area contributed by atoms with E-state index in [1.807, 2.05) is 31.2 Å². The first-order valence-electron chi connectivity index (χ1n) is 8.45. The van der Waals surface area contributed by atoms with Crippen LogP contribution in [0, 0.1) is 0 Å². The van der Waals surface area contributed by atoms with Crippen molar-refractivity contribution in [2.24, 2.45) is 0 Å². The molecule has 1 heterocycles. The number of benzene rings is 1. The third-order valence-corrected chi connectivity index (χ3v) is 4.21. The monoisotopic (exact) mass is 327 g/mol. The highest BCUT2D eigenvalue weighted by Gasteiger charge is 2.29. The van der Waals surface area contributed by atoms with Gasteiger partial charge in [-0.2, -0.15) is 4.98 Å². The molecule has 1 atom stereocenters. The molecule has 2 fully saturated rings. The van der Waals surface area contributed by atoms with Crippen molar-refractivity contribution in [2.45, 2.75) is 50.6 Å². The van der Waals surface area contributed by atoms with Gasteiger partial charge in [-0.15, -0.1) is 0 Å². The van der Waals surface area contributed by atoms with E-state index in [1.165, 1.54) is 0 Å². The average molecular weight is 327 g/mol. The minimum Gasteiger partial charge on any atom is -0.374 e. The highest BCUT2D eigenvalue weighted by Crippen LogP contribution is 2.38. The van der Waals surface area contributed by atoms with Gasteiger partial charge in [0.2, 0.25) is 5.89 Å². The molecule has 0 aliphatic heterocycles. The van der Waals surface area contributed by atoms with Crippen LogP contribution in [-0.4, -0.2) is 22.2 Å². The van der Waals surface area contributed by atoms with E-state index in [4.69, 9.17) is 4.52 Å². The molecule has 7 nitrogen and oxygen atoms in total. The number of carbonyl (C=O) groups is 1. The third kappa shape index (κ3) is 3.67. The Morgan fingerprint density at radius 2 is 1.88 bits per heavy atom. The van der Waals surface area contributed by atoms with Crippen molar-refractivity contribution in [2.75, 3.05) is 10.6 Å². The third-order valence-electron chi connectivity index (χ3n) is 4.21. The molecule has 2 aliphatic carbocycles. The first-order valence-corrected chi connectivity index (χ1v) is 8.45. The fourth-order valence-electron chi connectivity index (χ4n) is 2.47. The average Bonchev–Trinajstić information content (AvgIpc) is 3.50. The highest BCUT2D eigenvalue weighted by molar-refractivity contribution is 5.89. The van der Waals surface area contributed by atoms with E-state index in [-0.39, 0.29) is 12.1 Å². The maximum absolute atomic E-state index is 11.7. The lowest BCUT2D eigenvalue weighted by molar-refractivity contribution is 0.251. The van der Waals surface area contributed by atoms with Gasteiger partial charge in [-0.3, -0.25) is 0 Å². The molecule has 0 unspecified atom stereocenters. The number of amides is 2. The summed E-state index contributed by atoms with van der Waals surface area (Å²) < 4.78 is 5.33. The molecular weight excluding hydrogens is 306 g/mol. The molecule has 2 amide bonds. The summed E-state index contributed by atoms with van der Waals surface area (Å²) in [5.74, 6) is 1.91. The zero-order valence-electron chi connectivity index (χ0n) is 13.6. The van der Waals surface area contributed by atoms with E-state index < -0.39 is 0 Å². The van der Waals surface area contributed by atoms with Crippen molar-refractivity contribution >= 4 is 17.4 Å². The molecule has 1 aromatic heterocycles. The van der Waals surface area contributed by atoms with Crippen LogP contribution in [-0.2, 0) is 0 Å². The fourth-order valence-corrected chi connectivity index (χ4v) is 2.47. The van der Waals surface area contributed by atoms with Crippen molar-refractivity contribution in [1.29, 1.82) is 0 Å². The summed E-state index contributed by atoms with van der Waals surface area (Å²) >= 11 is 0. The van der Waals surface area contributed by atoms with Gasteiger partial charge in [0.05, 0.1) is 0 Å². The predicted octanol–water partition coefficient (Wildman–Crippen LogP) is 3.40. The standard InChI is InChI=1S/C17H21N5O2/c1-10(16-21-15(22-24-16)11-2-3-11)18-12-4-6-13(7-5-12)19-17(23)20-14-8-9-14/h4-7,10-11,14,18H,2-3,8-9H2,1H3,(H2,19,20,23)/t10-/m1/s1.